The van der Waals surface area contributed by atoms with Crippen molar-refractivity contribution in [2.45, 2.75) is 26.0 Å². The van der Waals surface area contributed by atoms with E-state index >= 15 is 0 Å². The Kier molecular flexibility index (Phi) is 3.31. The Hall–Kier alpha value is -1.03. The topological polar surface area (TPSA) is 39.1 Å². The van der Waals surface area contributed by atoms with Crippen LogP contribution in [0, 0.1) is 0 Å². The van der Waals surface area contributed by atoms with Crippen molar-refractivity contribution in [3.8, 4) is 0 Å². The lowest BCUT2D eigenvalue weighted by Gasteiger charge is -2.19. The van der Waals surface area contributed by atoms with Crippen LogP contribution in [0.5, 0.6) is 0 Å². The number of ether oxygens (including phenoxy) is 1. The smallest absolute Gasteiger partial charge is 0.0741 e. The predicted molar refractivity (Wildman–Crippen MR) is 52.8 cm³/mol. The molecule has 13 heavy (non-hydrogen) atoms. The van der Waals surface area contributed by atoms with Crippen molar-refractivity contribution in [2.75, 3.05) is 12.4 Å². The van der Waals surface area contributed by atoms with E-state index < -0.39 is 0 Å². The van der Waals surface area contributed by atoms with Crippen molar-refractivity contribution >= 4 is 5.69 Å². The Bertz CT molecular complexity index is 259. The van der Waals surface area contributed by atoms with Gasteiger partial charge in [0.15, 0.2) is 0 Å². The van der Waals surface area contributed by atoms with Crippen molar-refractivity contribution < 1.29 is 4.74 Å². The van der Waals surface area contributed by atoms with Gasteiger partial charge in [0.25, 0.3) is 0 Å². The van der Waals surface area contributed by atoms with Crippen molar-refractivity contribution in [3.05, 3.63) is 12.4 Å². The molecule has 0 radical (unpaired) electrons. The molecule has 4 nitrogen and oxygen atoms in total. The standard InChI is InChI=1S/C9H17N3O/c1-7(8(2)13-4)11-9-5-10-12(3)6-9/h5-8,11H,1-4H3. The number of aromatic nitrogens is 2. The van der Waals surface area contributed by atoms with E-state index in [0.717, 1.165) is 5.69 Å². The summed E-state index contributed by atoms with van der Waals surface area (Å²) in [5, 5.41) is 7.37. The summed E-state index contributed by atoms with van der Waals surface area (Å²) in [6, 6.07) is 0.286. The molecular weight excluding hydrogens is 166 g/mol. The highest BCUT2D eigenvalue weighted by Crippen LogP contribution is 2.08. The van der Waals surface area contributed by atoms with Crippen LogP contribution in [-0.4, -0.2) is 29.0 Å². The lowest BCUT2D eigenvalue weighted by Crippen LogP contribution is -2.29. The number of rotatable bonds is 4. The highest BCUT2D eigenvalue weighted by Gasteiger charge is 2.10. The number of nitrogens with one attached hydrogen (secondary N) is 1. The molecule has 1 heterocycles. The minimum Gasteiger partial charge on any atom is -0.380 e. The molecule has 0 fully saturated rings. The summed E-state index contributed by atoms with van der Waals surface area (Å²) in [5.74, 6) is 0. The Morgan fingerprint density at radius 3 is 2.69 bits per heavy atom. The maximum atomic E-state index is 5.20. The Labute approximate surface area is 78.9 Å². The number of anilines is 1. The van der Waals surface area contributed by atoms with E-state index in [1.54, 1.807) is 18.0 Å². The van der Waals surface area contributed by atoms with Gasteiger partial charge in [-0.1, -0.05) is 0 Å². The molecule has 0 saturated heterocycles. The normalized spacial score (nSPS) is 15.4. The number of aryl methyl sites for hydroxylation is 1. The fraction of sp³-hybridized carbons (Fsp3) is 0.667. The summed E-state index contributed by atoms with van der Waals surface area (Å²) in [6.07, 6.45) is 3.94. The van der Waals surface area contributed by atoms with E-state index in [4.69, 9.17) is 4.74 Å². The zero-order valence-corrected chi connectivity index (χ0v) is 8.61. The van der Waals surface area contributed by atoms with Gasteiger partial charge in [0, 0.05) is 26.4 Å². The molecular formula is C9H17N3O. The summed E-state index contributed by atoms with van der Waals surface area (Å²) in [7, 11) is 3.61. The van der Waals surface area contributed by atoms with E-state index in [0.29, 0.717) is 0 Å². The van der Waals surface area contributed by atoms with Crippen LogP contribution in [-0.2, 0) is 11.8 Å². The van der Waals surface area contributed by atoms with Crippen molar-refractivity contribution in [3.63, 3.8) is 0 Å². The maximum Gasteiger partial charge on any atom is 0.0741 e. The van der Waals surface area contributed by atoms with Crippen LogP contribution in [0.3, 0.4) is 0 Å². The van der Waals surface area contributed by atoms with Gasteiger partial charge in [-0.2, -0.15) is 5.10 Å². The van der Waals surface area contributed by atoms with Gasteiger partial charge in [0.2, 0.25) is 0 Å². The number of hydrogen-bond acceptors (Lipinski definition) is 3. The van der Waals surface area contributed by atoms with Crippen molar-refractivity contribution in [1.82, 2.24) is 9.78 Å². The SMILES string of the molecule is COC(C)C(C)Nc1cnn(C)c1. The average Bonchev–Trinajstić information content (AvgIpc) is 2.49. The molecule has 0 aliphatic carbocycles. The maximum absolute atomic E-state index is 5.20. The van der Waals surface area contributed by atoms with Gasteiger partial charge in [-0.15, -0.1) is 0 Å². The third-order valence-electron chi connectivity index (χ3n) is 2.18. The lowest BCUT2D eigenvalue weighted by molar-refractivity contribution is 0.106. The Morgan fingerprint density at radius 1 is 1.54 bits per heavy atom. The van der Waals surface area contributed by atoms with E-state index in [1.807, 2.05) is 20.2 Å². The van der Waals surface area contributed by atoms with Gasteiger partial charge in [0.1, 0.15) is 0 Å². The fourth-order valence-corrected chi connectivity index (χ4v) is 1.08. The zero-order valence-electron chi connectivity index (χ0n) is 8.61. The van der Waals surface area contributed by atoms with Gasteiger partial charge < -0.3 is 10.1 Å². The molecule has 74 valence electrons. The third-order valence-corrected chi connectivity index (χ3v) is 2.18. The second kappa shape index (κ2) is 4.28. The molecule has 1 rings (SSSR count). The molecule has 0 amide bonds. The summed E-state index contributed by atoms with van der Waals surface area (Å²) in [6.45, 7) is 4.12. The average molecular weight is 183 g/mol. The molecule has 0 aliphatic heterocycles. The Morgan fingerprint density at radius 2 is 2.23 bits per heavy atom. The molecule has 1 aromatic rings. The number of methoxy groups -OCH3 is 1. The highest BCUT2D eigenvalue weighted by atomic mass is 16.5. The lowest BCUT2D eigenvalue weighted by atomic mass is 10.2. The first-order chi connectivity index (χ1) is 6.13. The Balaban J connectivity index is 2.49. The van der Waals surface area contributed by atoms with Gasteiger partial charge in [-0.3, -0.25) is 4.68 Å². The van der Waals surface area contributed by atoms with Crippen LogP contribution in [0.15, 0.2) is 12.4 Å². The predicted octanol–water partition coefficient (Wildman–Crippen LogP) is 1.26. The molecule has 2 unspecified atom stereocenters. The minimum atomic E-state index is 0.195. The van der Waals surface area contributed by atoms with Crippen LogP contribution < -0.4 is 5.32 Å². The molecule has 1 aromatic heterocycles. The first-order valence-corrected chi connectivity index (χ1v) is 4.41. The van der Waals surface area contributed by atoms with E-state index in [2.05, 4.69) is 17.3 Å². The van der Waals surface area contributed by atoms with E-state index in [1.165, 1.54) is 0 Å². The minimum absolute atomic E-state index is 0.195. The summed E-state index contributed by atoms with van der Waals surface area (Å²) < 4.78 is 6.97. The van der Waals surface area contributed by atoms with Gasteiger partial charge in [0.05, 0.1) is 18.0 Å². The summed E-state index contributed by atoms with van der Waals surface area (Å²) >= 11 is 0. The second-order valence-corrected chi connectivity index (χ2v) is 3.28. The number of hydrogen-bond donors (Lipinski definition) is 1. The third kappa shape index (κ3) is 2.73. The molecule has 0 aromatic carbocycles. The molecule has 0 aliphatic rings. The van der Waals surface area contributed by atoms with Crippen LogP contribution in [0.1, 0.15) is 13.8 Å². The second-order valence-electron chi connectivity index (χ2n) is 3.28. The molecule has 1 N–H and O–H groups in total. The van der Waals surface area contributed by atoms with Crippen LogP contribution >= 0.6 is 0 Å². The van der Waals surface area contributed by atoms with Gasteiger partial charge in [-0.25, -0.2) is 0 Å². The molecule has 0 spiro atoms. The van der Waals surface area contributed by atoms with Crippen LogP contribution in [0.2, 0.25) is 0 Å². The summed E-state index contributed by atoms with van der Waals surface area (Å²) in [5.41, 5.74) is 1.03. The molecule has 0 bridgehead atoms. The number of nitrogens with zero attached hydrogens (tertiary/aromatic N) is 2. The quantitative estimate of drug-likeness (QED) is 0.763. The van der Waals surface area contributed by atoms with Gasteiger partial charge >= 0.3 is 0 Å². The van der Waals surface area contributed by atoms with Crippen molar-refractivity contribution in [2.24, 2.45) is 7.05 Å². The van der Waals surface area contributed by atoms with E-state index in [9.17, 15) is 0 Å². The van der Waals surface area contributed by atoms with Crippen LogP contribution in [0.25, 0.3) is 0 Å². The van der Waals surface area contributed by atoms with Crippen molar-refractivity contribution in [1.29, 1.82) is 0 Å². The summed E-state index contributed by atoms with van der Waals surface area (Å²) in [4.78, 5) is 0. The zero-order chi connectivity index (χ0) is 9.84. The largest absolute Gasteiger partial charge is 0.380 e. The van der Waals surface area contributed by atoms with E-state index in [-0.39, 0.29) is 12.1 Å². The molecule has 0 saturated carbocycles. The highest BCUT2D eigenvalue weighted by molar-refractivity contribution is 5.39. The molecule has 4 heteroatoms. The molecule has 2 atom stereocenters. The fourth-order valence-electron chi connectivity index (χ4n) is 1.08. The van der Waals surface area contributed by atoms with Gasteiger partial charge in [-0.05, 0) is 13.8 Å². The first-order valence-electron chi connectivity index (χ1n) is 4.41. The monoisotopic (exact) mass is 183 g/mol. The van der Waals surface area contributed by atoms with Crippen LogP contribution in [0.4, 0.5) is 5.69 Å². The first kappa shape index (κ1) is 10.1.